The Labute approximate surface area is 149 Å². The molecule has 25 heavy (non-hydrogen) atoms. The summed E-state index contributed by atoms with van der Waals surface area (Å²) in [5, 5.41) is 0. The van der Waals surface area contributed by atoms with Crippen molar-refractivity contribution in [2.24, 2.45) is 5.41 Å². The van der Waals surface area contributed by atoms with E-state index in [1.165, 1.54) is 12.1 Å². The molecular formula is C20H23NO3S. The highest BCUT2D eigenvalue weighted by atomic mass is 32.2. The zero-order chi connectivity index (χ0) is 18.7. The normalized spacial score (nSPS) is 13.2. The number of carbonyl (C=O) groups is 1. The van der Waals surface area contributed by atoms with Gasteiger partial charge in [0.2, 0.25) is 10.0 Å². The quantitative estimate of drug-likeness (QED) is 0.606. The molecular weight excluding hydrogens is 334 g/mol. The maximum absolute atomic E-state index is 12.9. The average Bonchev–Trinajstić information content (AvgIpc) is 2.60. The lowest BCUT2D eigenvalue weighted by atomic mass is 9.81. The minimum absolute atomic E-state index is 0.129. The summed E-state index contributed by atoms with van der Waals surface area (Å²) in [6.07, 6.45) is 1.59. The van der Waals surface area contributed by atoms with Crippen LogP contribution in [0.5, 0.6) is 0 Å². The molecule has 4 nitrogen and oxygen atoms in total. The van der Waals surface area contributed by atoms with Crippen LogP contribution in [0.2, 0.25) is 0 Å². The molecule has 1 unspecified atom stereocenters. The predicted molar refractivity (Wildman–Crippen MR) is 100 cm³/mol. The fourth-order valence-corrected chi connectivity index (χ4v) is 3.72. The molecule has 0 spiro atoms. The molecule has 1 atom stereocenters. The maximum atomic E-state index is 12.9. The molecule has 2 rings (SSSR count). The Morgan fingerprint density at radius 1 is 1.08 bits per heavy atom. The van der Waals surface area contributed by atoms with Gasteiger partial charge in [-0.15, -0.1) is 6.58 Å². The van der Waals surface area contributed by atoms with E-state index in [9.17, 15) is 13.2 Å². The van der Waals surface area contributed by atoms with Crippen molar-refractivity contribution in [2.45, 2.75) is 31.7 Å². The predicted octanol–water partition coefficient (Wildman–Crippen LogP) is 3.74. The molecule has 0 saturated carbocycles. The third-order valence-corrected chi connectivity index (χ3v) is 5.63. The summed E-state index contributed by atoms with van der Waals surface area (Å²) in [6, 6.07) is 14.2. The van der Waals surface area contributed by atoms with Gasteiger partial charge in [0.05, 0.1) is 10.9 Å². The van der Waals surface area contributed by atoms with Crippen LogP contribution in [-0.4, -0.2) is 20.2 Å². The van der Waals surface area contributed by atoms with E-state index in [4.69, 9.17) is 0 Å². The molecule has 0 aromatic heterocycles. The highest BCUT2D eigenvalue weighted by Crippen LogP contribution is 2.26. The number of sulfonamides is 1. The number of carbonyl (C=O) groups excluding carboxylic acids is 1. The van der Waals surface area contributed by atoms with Crippen LogP contribution in [0.25, 0.3) is 0 Å². The second-order valence-corrected chi connectivity index (χ2v) is 8.34. The number of hydrogen-bond donors (Lipinski definition) is 1. The molecule has 1 N–H and O–H groups in total. The fraction of sp³-hybridized carbons (Fsp3) is 0.250. The Hall–Kier alpha value is -2.24. The molecule has 0 aliphatic carbocycles. The SMILES string of the molecule is C=CC(C)(C)C(NS(=O)(=O)c1ccc(C)cc1)C(=O)c1ccccc1. The third-order valence-electron chi connectivity index (χ3n) is 4.19. The maximum Gasteiger partial charge on any atom is 0.241 e. The highest BCUT2D eigenvalue weighted by Gasteiger charge is 2.36. The van der Waals surface area contributed by atoms with E-state index in [0.29, 0.717) is 5.56 Å². The fourth-order valence-electron chi connectivity index (χ4n) is 2.37. The molecule has 0 radical (unpaired) electrons. The second-order valence-electron chi connectivity index (χ2n) is 6.62. The van der Waals surface area contributed by atoms with Crippen LogP contribution < -0.4 is 4.72 Å². The molecule has 0 fully saturated rings. The zero-order valence-electron chi connectivity index (χ0n) is 14.7. The monoisotopic (exact) mass is 357 g/mol. The van der Waals surface area contributed by atoms with Gasteiger partial charge in [-0.3, -0.25) is 4.79 Å². The first kappa shape index (κ1) is 19.1. The van der Waals surface area contributed by atoms with Crippen LogP contribution in [0, 0.1) is 12.3 Å². The molecule has 0 amide bonds. The van der Waals surface area contributed by atoms with Gasteiger partial charge >= 0.3 is 0 Å². The first-order valence-electron chi connectivity index (χ1n) is 7.99. The zero-order valence-corrected chi connectivity index (χ0v) is 15.5. The number of benzene rings is 2. The van der Waals surface area contributed by atoms with Gasteiger partial charge in [-0.2, -0.15) is 4.72 Å². The largest absolute Gasteiger partial charge is 0.292 e. The molecule has 0 heterocycles. The van der Waals surface area contributed by atoms with Crippen molar-refractivity contribution in [3.8, 4) is 0 Å². The van der Waals surface area contributed by atoms with Gasteiger partial charge in [-0.25, -0.2) is 8.42 Å². The Kier molecular flexibility index (Phi) is 5.60. The van der Waals surface area contributed by atoms with Gasteiger partial charge in [0.1, 0.15) is 0 Å². The summed E-state index contributed by atoms with van der Waals surface area (Å²) in [5.74, 6) is -0.291. The van der Waals surface area contributed by atoms with Crippen molar-refractivity contribution in [1.82, 2.24) is 4.72 Å². The number of hydrogen-bond acceptors (Lipinski definition) is 3. The Bertz CT molecular complexity index is 854. The van der Waals surface area contributed by atoms with Crippen LogP contribution in [0.15, 0.2) is 72.1 Å². The van der Waals surface area contributed by atoms with Crippen LogP contribution in [0.4, 0.5) is 0 Å². The van der Waals surface area contributed by atoms with Crippen LogP contribution in [0.3, 0.4) is 0 Å². The van der Waals surface area contributed by atoms with Gasteiger partial charge in [-0.05, 0) is 19.1 Å². The Morgan fingerprint density at radius 3 is 2.16 bits per heavy atom. The summed E-state index contributed by atoms with van der Waals surface area (Å²) in [4.78, 5) is 13.1. The van der Waals surface area contributed by atoms with E-state index in [2.05, 4.69) is 11.3 Å². The van der Waals surface area contributed by atoms with Crippen LogP contribution in [-0.2, 0) is 10.0 Å². The van der Waals surface area contributed by atoms with Gasteiger partial charge in [0.25, 0.3) is 0 Å². The molecule has 0 aliphatic heterocycles. The Morgan fingerprint density at radius 2 is 1.64 bits per heavy atom. The van der Waals surface area contributed by atoms with Gasteiger partial charge in [0.15, 0.2) is 5.78 Å². The summed E-state index contributed by atoms with van der Waals surface area (Å²) in [7, 11) is -3.84. The van der Waals surface area contributed by atoms with Crippen molar-refractivity contribution < 1.29 is 13.2 Å². The van der Waals surface area contributed by atoms with Crippen molar-refractivity contribution in [3.05, 3.63) is 78.4 Å². The van der Waals surface area contributed by atoms with E-state index >= 15 is 0 Å². The summed E-state index contributed by atoms with van der Waals surface area (Å²) >= 11 is 0. The second kappa shape index (κ2) is 7.33. The third kappa shape index (κ3) is 4.44. The molecule has 2 aromatic rings. The van der Waals surface area contributed by atoms with Crippen molar-refractivity contribution in [1.29, 1.82) is 0 Å². The van der Waals surface area contributed by atoms with Crippen molar-refractivity contribution >= 4 is 15.8 Å². The minimum Gasteiger partial charge on any atom is -0.292 e. The molecule has 0 bridgehead atoms. The van der Waals surface area contributed by atoms with E-state index in [1.807, 2.05) is 6.92 Å². The van der Waals surface area contributed by atoms with E-state index < -0.39 is 21.5 Å². The molecule has 2 aromatic carbocycles. The average molecular weight is 357 g/mol. The number of rotatable bonds is 7. The number of nitrogens with one attached hydrogen (secondary N) is 1. The molecule has 0 saturated heterocycles. The van der Waals surface area contributed by atoms with E-state index in [1.54, 1.807) is 62.4 Å². The summed E-state index contributed by atoms with van der Waals surface area (Å²) in [5.41, 5.74) is 0.654. The lowest BCUT2D eigenvalue weighted by Crippen LogP contribution is -2.49. The van der Waals surface area contributed by atoms with Crippen molar-refractivity contribution in [2.75, 3.05) is 0 Å². The van der Waals surface area contributed by atoms with Crippen LogP contribution in [0.1, 0.15) is 29.8 Å². The van der Waals surface area contributed by atoms with Gasteiger partial charge in [0, 0.05) is 11.0 Å². The highest BCUT2D eigenvalue weighted by molar-refractivity contribution is 7.89. The first-order valence-corrected chi connectivity index (χ1v) is 9.47. The summed E-state index contributed by atoms with van der Waals surface area (Å²) in [6.45, 7) is 9.20. The van der Waals surface area contributed by atoms with Gasteiger partial charge in [-0.1, -0.05) is 68.0 Å². The summed E-state index contributed by atoms with van der Waals surface area (Å²) < 4.78 is 28.1. The van der Waals surface area contributed by atoms with E-state index in [-0.39, 0.29) is 10.7 Å². The smallest absolute Gasteiger partial charge is 0.241 e. The topological polar surface area (TPSA) is 63.2 Å². The molecule has 5 heteroatoms. The lowest BCUT2D eigenvalue weighted by molar-refractivity contribution is 0.0903. The van der Waals surface area contributed by atoms with Crippen LogP contribution >= 0.6 is 0 Å². The minimum atomic E-state index is -3.84. The van der Waals surface area contributed by atoms with Gasteiger partial charge < -0.3 is 0 Å². The number of aryl methyl sites for hydroxylation is 1. The standard InChI is InChI=1S/C20H23NO3S/c1-5-20(3,4)19(18(22)16-9-7-6-8-10-16)21-25(23,24)17-13-11-15(2)12-14-17/h5-14,19,21H,1H2,2-4H3. The first-order chi connectivity index (χ1) is 11.7. The Balaban J connectivity index is 2.42. The molecule has 0 aliphatic rings. The molecule has 132 valence electrons. The number of Topliss-reactive ketones (excluding diaryl/α,β-unsaturated/α-hetero) is 1. The van der Waals surface area contributed by atoms with Crippen molar-refractivity contribution in [3.63, 3.8) is 0 Å². The number of ketones is 1. The lowest BCUT2D eigenvalue weighted by Gasteiger charge is -2.31. The van der Waals surface area contributed by atoms with E-state index in [0.717, 1.165) is 5.56 Å².